The third-order valence-electron chi connectivity index (χ3n) is 5.58. The maximum Gasteiger partial charge on any atom is 0.322 e. The van der Waals surface area contributed by atoms with Gasteiger partial charge in [-0.1, -0.05) is 60.1 Å². The van der Waals surface area contributed by atoms with Crippen LogP contribution in [-0.4, -0.2) is 35.4 Å². The summed E-state index contributed by atoms with van der Waals surface area (Å²) in [5.74, 6) is -0.178. The highest BCUT2D eigenvalue weighted by molar-refractivity contribution is 7.89. The number of hydrogen-bond donors (Lipinski definition) is 1. The molecule has 1 amide bonds. The number of rotatable bonds is 8. The Morgan fingerprint density at radius 2 is 1.69 bits per heavy atom. The highest BCUT2D eigenvalue weighted by atomic mass is 32.2. The molecule has 9 heteroatoms. The second-order valence-corrected chi connectivity index (χ2v) is 10.1. The fourth-order valence-corrected chi connectivity index (χ4v) is 5.04. The summed E-state index contributed by atoms with van der Waals surface area (Å²) >= 11 is 0. The Kier molecular flexibility index (Phi) is 7.09. The molecule has 0 spiro atoms. The molecule has 1 N–H and O–H groups in total. The first kappa shape index (κ1) is 24.3. The molecule has 3 aromatic carbocycles. The monoisotopic (exact) mass is 490 g/mol. The van der Waals surface area contributed by atoms with Crippen LogP contribution in [0.3, 0.4) is 0 Å². The van der Waals surface area contributed by atoms with Crippen molar-refractivity contribution in [3.8, 4) is 11.5 Å². The number of aryl methyl sites for hydroxylation is 2. The van der Waals surface area contributed by atoms with Crippen molar-refractivity contribution in [3.05, 3.63) is 95.1 Å². The normalized spacial score (nSPS) is 11.5. The lowest BCUT2D eigenvalue weighted by molar-refractivity contribution is 0.102. The van der Waals surface area contributed by atoms with E-state index in [4.69, 9.17) is 4.42 Å². The number of anilines is 1. The molecule has 0 aliphatic heterocycles. The summed E-state index contributed by atoms with van der Waals surface area (Å²) in [5, 5.41) is 10.5. The van der Waals surface area contributed by atoms with Crippen LogP contribution in [0.4, 0.5) is 6.01 Å². The molecular weight excluding hydrogens is 464 g/mol. The first-order valence-corrected chi connectivity index (χ1v) is 12.6. The van der Waals surface area contributed by atoms with E-state index in [-0.39, 0.29) is 23.0 Å². The van der Waals surface area contributed by atoms with Gasteiger partial charge in [0, 0.05) is 24.2 Å². The number of carbonyl (C=O) groups excluding carboxylic acids is 1. The highest BCUT2D eigenvalue weighted by Crippen LogP contribution is 2.25. The average Bonchev–Trinajstić information content (AvgIpc) is 3.32. The topological polar surface area (TPSA) is 105 Å². The maximum absolute atomic E-state index is 13.1. The van der Waals surface area contributed by atoms with Crippen molar-refractivity contribution in [2.75, 3.05) is 11.9 Å². The fraction of sp³-hybridized carbons (Fsp3) is 0.192. The molecule has 0 atom stereocenters. The number of nitrogens with zero attached hydrogens (tertiary/aromatic N) is 3. The smallest absolute Gasteiger partial charge is 0.322 e. The molecule has 0 aliphatic carbocycles. The summed E-state index contributed by atoms with van der Waals surface area (Å²) in [5.41, 5.74) is 3.98. The second-order valence-electron chi connectivity index (χ2n) is 8.13. The standard InChI is InChI=1S/C26H26N4O4S/c1-4-30(17-20-8-6-5-7-9-20)35(32,33)22-14-12-21(13-15-22)24(31)27-26-29-28-25(34-26)23-16-18(2)10-11-19(23)3/h5-16H,4,17H2,1-3H3,(H,27,29,31). The van der Waals surface area contributed by atoms with E-state index in [1.165, 1.54) is 28.6 Å². The molecule has 180 valence electrons. The van der Waals surface area contributed by atoms with Gasteiger partial charge in [-0.25, -0.2) is 8.42 Å². The van der Waals surface area contributed by atoms with Gasteiger partial charge < -0.3 is 4.42 Å². The largest absolute Gasteiger partial charge is 0.403 e. The van der Waals surface area contributed by atoms with Crippen molar-refractivity contribution in [2.24, 2.45) is 0 Å². The van der Waals surface area contributed by atoms with E-state index >= 15 is 0 Å². The molecule has 0 fully saturated rings. The zero-order valence-corrected chi connectivity index (χ0v) is 20.5. The van der Waals surface area contributed by atoms with Crippen LogP contribution >= 0.6 is 0 Å². The van der Waals surface area contributed by atoms with Gasteiger partial charge in [0.25, 0.3) is 5.91 Å². The van der Waals surface area contributed by atoms with Crippen molar-refractivity contribution in [2.45, 2.75) is 32.2 Å². The number of nitrogens with one attached hydrogen (secondary N) is 1. The molecule has 8 nitrogen and oxygen atoms in total. The Balaban J connectivity index is 1.47. The van der Waals surface area contributed by atoms with E-state index in [1.807, 2.05) is 62.4 Å². The molecular formula is C26H26N4O4S. The van der Waals surface area contributed by atoms with Crippen LogP contribution in [0.5, 0.6) is 0 Å². The molecule has 1 heterocycles. The first-order chi connectivity index (χ1) is 16.8. The summed E-state index contributed by atoms with van der Waals surface area (Å²) in [6, 6.07) is 21.0. The number of hydrogen-bond acceptors (Lipinski definition) is 6. The van der Waals surface area contributed by atoms with Crippen LogP contribution in [-0.2, 0) is 16.6 Å². The second kappa shape index (κ2) is 10.2. The molecule has 0 bridgehead atoms. The number of amides is 1. The SMILES string of the molecule is CCN(Cc1ccccc1)S(=O)(=O)c1ccc(C(=O)Nc2nnc(-c3cc(C)ccc3C)o2)cc1. The maximum atomic E-state index is 13.1. The van der Waals surface area contributed by atoms with E-state index in [9.17, 15) is 13.2 Å². The van der Waals surface area contributed by atoms with Gasteiger partial charge in [0.1, 0.15) is 0 Å². The van der Waals surface area contributed by atoms with Crippen LogP contribution in [0, 0.1) is 13.8 Å². The predicted octanol–water partition coefficient (Wildman–Crippen LogP) is 4.82. The van der Waals surface area contributed by atoms with E-state index in [0.717, 1.165) is 22.3 Å². The van der Waals surface area contributed by atoms with Gasteiger partial charge in [-0.2, -0.15) is 4.31 Å². The quantitative estimate of drug-likeness (QED) is 0.380. The molecule has 35 heavy (non-hydrogen) atoms. The van der Waals surface area contributed by atoms with Crippen molar-refractivity contribution in [3.63, 3.8) is 0 Å². The third-order valence-corrected chi connectivity index (χ3v) is 7.51. The molecule has 1 aromatic heterocycles. The summed E-state index contributed by atoms with van der Waals surface area (Å²) in [6.45, 7) is 6.28. The molecule has 0 aliphatic rings. The lowest BCUT2D eigenvalue weighted by atomic mass is 10.1. The van der Waals surface area contributed by atoms with E-state index in [1.54, 1.807) is 6.92 Å². The number of sulfonamides is 1. The van der Waals surface area contributed by atoms with Gasteiger partial charge in [-0.15, -0.1) is 5.10 Å². The minimum Gasteiger partial charge on any atom is -0.403 e. The van der Waals surface area contributed by atoms with Gasteiger partial charge in [0.15, 0.2) is 0 Å². The molecule has 4 rings (SSSR count). The zero-order valence-electron chi connectivity index (χ0n) is 19.7. The number of aromatic nitrogens is 2. The molecule has 4 aromatic rings. The summed E-state index contributed by atoms with van der Waals surface area (Å²) in [7, 11) is -3.72. The van der Waals surface area contributed by atoms with Gasteiger partial charge in [-0.05, 0) is 55.3 Å². The Morgan fingerprint density at radius 1 is 0.971 bits per heavy atom. The van der Waals surface area contributed by atoms with Crippen molar-refractivity contribution >= 4 is 21.9 Å². The van der Waals surface area contributed by atoms with Crippen molar-refractivity contribution in [1.82, 2.24) is 14.5 Å². The molecule has 0 saturated heterocycles. The molecule has 0 saturated carbocycles. The average molecular weight is 491 g/mol. The highest BCUT2D eigenvalue weighted by Gasteiger charge is 2.24. The predicted molar refractivity (Wildman–Crippen MR) is 133 cm³/mol. The molecule has 0 unspecified atom stereocenters. The van der Waals surface area contributed by atoms with Gasteiger partial charge >= 0.3 is 6.01 Å². The van der Waals surface area contributed by atoms with Crippen LogP contribution in [0.25, 0.3) is 11.5 Å². The number of benzene rings is 3. The van der Waals surface area contributed by atoms with Crippen LogP contribution < -0.4 is 5.32 Å². The Hall–Kier alpha value is -3.82. The summed E-state index contributed by atoms with van der Waals surface area (Å²) in [4.78, 5) is 12.8. The van der Waals surface area contributed by atoms with Crippen LogP contribution in [0.1, 0.15) is 34.0 Å². The zero-order chi connectivity index (χ0) is 25.0. The Morgan fingerprint density at radius 3 is 2.37 bits per heavy atom. The first-order valence-electron chi connectivity index (χ1n) is 11.1. The van der Waals surface area contributed by atoms with Crippen LogP contribution in [0.15, 0.2) is 82.1 Å². The van der Waals surface area contributed by atoms with Gasteiger partial charge in [-0.3, -0.25) is 10.1 Å². The Labute approximate surface area is 204 Å². The summed E-state index contributed by atoms with van der Waals surface area (Å²) < 4.78 is 33.3. The lowest BCUT2D eigenvalue weighted by Crippen LogP contribution is -2.30. The van der Waals surface area contributed by atoms with E-state index < -0.39 is 15.9 Å². The van der Waals surface area contributed by atoms with Gasteiger partial charge in [0.2, 0.25) is 15.9 Å². The Bertz CT molecular complexity index is 1430. The van der Waals surface area contributed by atoms with Crippen molar-refractivity contribution < 1.29 is 17.6 Å². The fourth-order valence-electron chi connectivity index (χ4n) is 3.60. The van der Waals surface area contributed by atoms with E-state index in [2.05, 4.69) is 15.5 Å². The van der Waals surface area contributed by atoms with Crippen LogP contribution in [0.2, 0.25) is 0 Å². The molecule has 0 radical (unpaired) electrons. The third kappa shape index (κ3) is 5.47. The minimum absolute atomic E-state index is 0.0392. The van der Waals surface area contributed by atoms with Gasteiger partial charge in [0.05, 0.1) is 4.90 Å². The number of carbonyl (C=O) groups is 1. The van der Waals surface area contributed by atoms with E-state index in [0.29, 0.717) is 12.4 Å². The lowest BCUT2D eigenvalue weighted by Gasteiger charge is -2.20. The minimum atomic E-state index is -3.72. The summed E-state index contributed by atoms with van der Waals surface area (Å²) in [6.07, 6.45) is 0. The van der Waals surface area contributed by atoms with Crippen molar-refractivity contribution in [1.29, 1.82) is 0 Å².